The van der Waals surface area contributed by atoms with Gasteiger partial charge < -0.3 is 16.0 Å². The zero-order chi connectivity index (χ0) is 12.4. The van der Waals surface area contributed by atoms with Crippen molar-refractivity contribution in [3.05, 3.63) is 12.3 Å². The quantitative estimate of drug-likeness (QED) is 0.740. The molecule has 0 aliphatic carbocycles. The third-order valence-corrected chi connectivity index (χ3v) is 4.28. The van der Waals surface area contributed by atoms with Crippen LogP contribution in [0, 0.1) is 5.41 Å². The standard InChI is InChI=1S/C13H23N5/c1-13(3-6-14-7-4-13)10-16-12-2-5-17-18(12)11-8-15-9-11/h2,5,11,14-16H,3-4,6-10H2,1H3. The van der Waals surface area contributed by atoms with Gasteiger partial charge in [-0.3, -0.25) is 0 Å². The average Bonchev–Trinajstić information content (AvgIpc) is 2.74. The SMILES string of the molecule is CC1(CNc2ccnn2C2CNC2)CCNCC1. The minimum Gasteiger partial charge on any atom is -0.370 e. The molecule has 0 saturated carbocycles. The maximum Gasteiger partial charge on any atom is 0.124 e. The third kappa shape index (κ3) is 2.37. The molecule has 2 fully saturated rings. The monoisotopic (exact) mass is 249 g/mol. The number of piperidine rings is 1. The largest absolute Gasteiger partial charge is 0.370 e. The van der Waals surface area contributed by atoms with Gasteiger partial charge in [-0.15, -0.1) is 0 Å². The number of nitrogens with zero attached hydrogens (tertiary/aromatic N) is 2. The maximum absolute atomic E-state index is 4.43. The second kappa shape index (κ2) is 4.90. The Bertz CT molecular complexity index is 390. The molecule has 1 aromatic rings. The van der Waals surface area contributed by atoms with Crippen LogP contribution in [0.15, 0.2) is 12.3 Å². The van der Waals surface area contributed by atoms with Crippen LogP contribution in [0.25, 0.3) is 0 Å². The van der Waals surface area contributed by atoms with Crippen molar-refractivity contribution < 1.29 is 0 Å². The zero-order valence-corrected chi connectivity index (χ0v) is 11.1. The number of hydrogen-bond donors (Lipinski definition) is 3. The summed E-state index contributed by atoms with van der Waals surface area (Å²) in [5.74, 6) is 1.17. The van der Waals surface area contributed by atoms with Crippen LogP contribution >= 0.6 is 0 Å². The number of rotatable bonds is 4. The first-order chi connectivity index (χ1) is 8.77. The molecule has 0 spiro atoms. The summed E-state index contributed by atoms with van der Waals surface area (Å²) in [7, 11) is 0. The first-order valence-corrected chi connectivity index (χ1v) is 6.96. The van der Waals surface area contributed by atoms with E-state index in [2.05, 4.69) is 38.7 Å². The predicted molar refractivity (Wildman–Crippen MR) is 72.8 cm³/mol. The van der Waals surface area contributed by atoms with E-state index in [0.717, 1.165) is 32.7 Å². The van der Waals surface area contributed by atoms with Gasteiger partial charge in [0.05, 0.1) is 12.2 Å². The normalized spacial score (nSPS) is 23.6. The van der Waals surface area contributed by atoms with Gasteiger partial charge in [-0.25, -0.2) is 4.68 Å². The van der Waals surface area contributed by atoms with Crippen LogP contribution in [0.3, 0.4) is 0 Å². The number of aromatic nitrogens is 2. The van der Waals surface area contributed by atoms with Gasteiger partial charge in [-0.05, 0) is 31.3 Å². The lowest BCUT2D eigenvalue weighted by atomic mass is 9.81. The lowest BCUT2D eigenvalue weighted by molar-refractivity contribution is 0.246. The van der Waals surface area contributed by atoms with Gasteiger partial charge >= 0.3 is 0 Å². The molecule has 5 nitrogen and oxygen atoms in total. The van der Waals surface area contributed by atoms with Crippen molar-refractivity contribution in [3.8, 4) is 0 Å². The Balaban J connectivity index is 1.60. The predicted octanol–water partition coefficient (Wildman–Crippen LogP) is 0.829. The van der Waals surface area contributed by atoms with Crippen LogP contribution in [0.5, 0.6) is 0 Å². The summed E-state index contributed by atoms with van der Waals surface area (Å²) in [6, 6.07) is 2.62. The average molecular weight is 249 g/mol. The highest BCUT2D eigenvalue weighted by Gasteiger charge is 2.27. The van der Waals surface area contributed by atoms with E-state index in [-0.39, 0.29) is 0 Å². The van der Waals surface area contributed by atoms with Crippen LogP contribution in [0.2, 0.25) is 0 Å². The van der Waals surface area contributed by atoms with Gasteiger partial charge in [0.2, 0.25) is 0 Å². The van der Waals surface area contributed by atoms with Crippen LogP contribution in [-0.4, -0.2) is 42.5 Å². The summed E-state index contributed by atoms with van der Waals surface area (Å²) >= 11 is 0. The molecular weight excluding hydrogens is 226 g/mol. The summed E-state index contributed by atoms with van der Waals surface area (Å²) in [6.07, 6.45) is 4.39. The number of nitrogens with one attached hydrogen (secondary N) is 3. The summed E-state index contributed by atoms with van der Waals surface area (Å²) in [6.45, 7) is 7.79. The molecule has 0 aromatic carbocycles. The van der Waals surface area contributed by atoms with Crippen molar-refractivity contribution in [2.45, 2.75) is 25.8 Å². The van der Waals surface area contributed by atoms with Crippen molar-refractivity contribution in [3.63, 3.8) is 0 Å². The lowest BCUT2D eigenvalue weighted by Crippen LogP contribution is -2.44. The molecule has 0 bridgehead atoms. The van der Waals surface area contributed by atoms with Crippen molar-refractivity contribution in [1.29, 1.82) is 0 Å². The molecule has 0 atom stereocenters. The van der Waals surface area contributed by atoms with Crippen molar-refractivity contribution in [1.82, 2.24) is 20.4 Å². The van der Waals surface area contributed by atoms with E-state index in [1.54, 1.807) is 0 Å². The molecule has 0 unspecified atom stereocenters. The van der Waals surface area contributed by atoms with E-state index < -0.39 is 0 Å². The Morgan fingerprint density at radius 1 is 1.39 bits per heavy atom. The van der Waals surface area contributed by atoms with Crippen LogP contribution in [-0.2, 0) is 0 Å². The van der Waals surface area contributed by atoms with E-state index >= 15 is 0 Å². The Hall–Kier alpha value is -1.07. The van der Waals surface area contributed by atoms with Gasteiger partial charge in [0, 0.05) is 25.7 Å². The molecule has 2 saturated heterocycles. The van der Waals surface area contributed by atoms with Gasteiger partial charge in [0.15, 0.2) is 0 Å². The molecule has 2 aliphatic heterocycles. The van der Waals surface area contributed by atoms with Crippen LogP contribution in [0.4, 0.5) is 5.82 Å². The van der Waals surface area contributed by atoms with E-state index in [0.29, 0.717) is 11.5 Å². The van der Waals surface area contributed by atoms with Crippen molar-refractivity contribution >= 4 is 5.82 Å². The Labute approximate surface area is 108 Å². The summed E-state index contributed by atoms with van der Waals surface area (Å²) < 4.78 is 2.13. The minimum atomic E-state index is 0.415. The highest BCUT2D eigenvalue weighted by Crippen LogP contribution is 2.28. The molecule has 2 aliphatic rings. The molecule has 3 rings (SSSR count). The molecule has 1 aromatic heterocycles. The fourth-order valence-electron chi connectivity index (χ4n) is 2.70. The second-order valence-corrected chi connectivity index (χ2v) is 5.89. The first-order valence-electron chi connectivity index (χ1n) is 6.96. The molecular formula is C13H23N5. The lowest BCUT2D eigenvalue weighted by Gasteiger charge is -2.35. The van der Waals surface area contributed by atoms with E-state index in [1.807, 2.05) is 6.20 Å². The molecule has 18 heavy (non-hydrogen) atoms. The molecule has 0 amide bonds. The highest BCUT2D eigenvalue weighted by atomic mass is 15.4. The zero-order valence-electron chi connectivity index (χ0n) is 11.1. The smallest absolute Gasteiger partial charge is 0.124 e. The van der Waals surface area contributed by atoms with Gasteiger partial charge in [0.25, 0.3) is 0 Å². The maximum atomic E-state index is 4.43. The fraction of sp³-hybridized carbons (Fsp3) is 0.769. The Kier molecular flexibility index (Phi) is 3.26. The number of hydrogen-bond acceptors (Lipinski definition) is 4. The summed E-state index contributed by atoms with van der Waals surface area (Å²) in [5, 5.41) is 14.7. The van der Waals surface area contributed by atoms with Gasteiger partial charge in [-0.2, -0.15) is 5.10 Å². The Morgan fingerprint density at radius 3 is 2.83 bits per heavy atom. The van der Waals surface area contributed by atoms with Gasteiger partial charge in [0.1, 0.15) is 5.82 Å². The van der Waals surface area contributed by atoms with Gasteiger partial charge in [-0.1, -0.05) is 6.92 Å². The topological polar surface area (TPSA) is 53.9 Å². The minimum absolute atomic E-state index is 0.415. The van der Waals surface area contributed by atoms with Crippen molar-refractivity contribution in [2.24, 2.45) is 5.41 Å². The summed E-state index contributed by atoms with van der Waals surface area (Å²) in [5.41, 5.74) is 0.415. The van der Waals surface area contributed by atoms with E-state index in [4.69, 9.17) is 0 Å². The first kappa shape index (κ1) is 12.0. The Morgan fingerprint density at radius 2 is 2.17 bits per heavy atom. The van der Waals surface area contributed by atoms with Crippen molar-refractivity contribution in [2.75, 3.05) is 38.0 Å². The van der Waals surface area contributed by atoms with Crippen LogP contribution in [0.1, 0.15) is 25.8 Å². The number of anilines is 1. The highest BCUT2D eigenvalue weighted by molar-refractivity contribution is 5.35. The molecule has 100 valence electrons. The molecule has 5 heteroatoms. The third-order valence-electron chi connectivity index (χ3n) is 4.28. The molecule has 3 N–H and O–H groups in total. The second-order valence-electron chi connectivity index (χ2n) is 5.89. The molecule has 3 heterocycles. The summed E-state index contributed by atoms with van der Waals surface area (Å²) in [4.78, 5) is 0. The van der Waals surface area contributed by atoms with E-state index in [9.17, 15) is 0 Å². The fourth-order valence-corrected chi connectivity index (χ4v) is 2.70. The van der Waals surface area contributed by atoms with E-state index in [1.165, 1.54) is 18.7 Å². The molecule has 0 radical (unpaired) electrons. The van der Waals surface area contributed by atoms with Crippen LogP contribution < -0.4 is 16.0 Å².